The third-order valence-electron chi connectivity index (χ3n) is 2.55. The van der Waals surface area contributed by atoms with Gasteiger partial charge in [-0.15, -0.1) is 0 Å². The molecule has 0 fully saturated rings. The van der Waals surface area contributed by atoms with Gasteiger partial charge in [0.1, 0.15) is 5.75 Å². The summed E-state index contributed by atoms with van der Waals surface area (Å²) in [6, 6.07) is 6.69. The molecule has 4 N–H and O–H groups in total. The number of carbonyl (C=O) groups is 2. The quantitative estimate of drug-likeness (QED) is 0.750. The van der Waals surface area contributed by atoms with Crippen molar-refractivity contribution >= 4 is 17.5 Å². The predicted octanol–water partition coefficient (Wildman–Crippen LogP) is 0.835. The molecule has 0 bridgehead atoms. The number of ether oxygens (including phenoxy) is 1. The second-order valence-corrected chi connectivity index (χ2v) is 4.15. The van der Waals surface area contributed by atoms with Gasteiger partial charge in [-0.2, -0.15) is 5.10 Å². The Morgan fingerprint density at radius 1 is 1.45 bits per heavy atom. The van der Waals surface area contributed by atoms with Crippen LogP contribution < -0.4 is 15.8 Å². The summed E-state index contributed by atoms with van der Waals surface area (Å²) in [7, 11) is 0. The van der Waals surface area contributed by atoms with Crippen molar-refractivity contribution in [2.45, 2.75) is 6.92 Å². The molecule has 7 heteroatoms. The number of aryl methyl sites for hydroxylation is 1. The Hall–Kier alpha value is -2.83. The molecule has 104 valence electrons. The molecule has 0 aliphatic carbocycles. The molecular weight excluding hydrogens is 260 g/mol. The monoisotopic (exact) mass is 274 g/mol. The third kappa shape index (κ3) is 3.35. The van der Waals surface area contributed by atoms with Crippen molar-refractivity contribution in [2.75, 3.05) is 11.9 Å². The largest absolute Gasteiger partial charge is 0.484 e. The number of primary amides is 1. The molecule has 1 aromatic heterocycles. The van der Waals surface area contributed by atoms with E-state index in [4.69, 9.17) is 10.5 Å². The van der Waals surface area contributed by atoms with Crippen LogP contribution >= 0.6 is 0 Å². The summed E-state index contributed by atoms with van der Waals surface area (Å²) >= 11 is 0. The van der Waals surface area contributed by atoms with Gasteiger partial charge in [0.05, 0.1) is 11.8 Å². The lowest BCUT2D eigenvalue weighted by Crippen LogP contribution is -2.20. The van der Waals surface area contributed by atoms with E-state index in [-0.39, 0.29) is 12.5 Å². The second kappa shape index (κ2) is 5.87. The summed E-state index contributed by atoms with van der Waals surface area (Å²) in [5.74, 6) is -0.387. The molecule has 2 rings (SSSR count). The molecule has 0 aliphatic rings. The van der Waals surface area contributed by atoms with Crippen LogP contribution in [0.1, 0.15) is 16.1 Å². The van der Waals surface area contributed by atoms with Gasteiger partial charge in [0.25, 0.3) is 11.8 Å². The van der Waals surface area contributed by atoms with Gasteiger partial charge in [0.2, 0.25) is 0 Å². The molecule has 0 radical (unpaired) electrons. The smallest absolute Gasteiger partial charge is 0.259 e. The highest BCUT2D eigenvalue weighted by Gasteiger charge is 2.11. The van der Waals surface area contributed by atoms with Crippen molar-refractivity contribution in [1.82, 2.24) is 10.2 Å². The Morgan fingerprint density at radius 3 is 2.90 bits per heavy atom. The van der Waals surface area contributed by atoms with E-state index < -0.39 is 5.91 Å². The summed E-state index contributed by atoms with van der Waals surface area (Å²) in [6.07, 6.45) is 1.46. The van der Waals surface area contributed by atoms with E-state index in [0.29, 0.717) is 22.7 Å². The first kappa shape index (κ1) is 13.6. The van der Waals surface area contributed by atoms with Crippen molar-refractivity contribution in [3.05, 3.63) is 41.7 Å². The molecule has 7 nitrogen and oxygen atoms in total. The van der Waals surface area contributed by atoms with E-state index in [2.05, 4.69) is 15.5 Å². The standard InChI is InChI=1S/C13H14N4O3/c1-8-11(6-15-17-8)13(19)16-9-3-2-4-10(5-9)20-7-12(14)18/h2-6H,7H2,1H3,(H2,14,18)(H,15,17)(H,16,19). The molecule has 0 unspecified atom stereocenters. The highest BCUT2D eigenvalue weighted by atomic mass is 16.5. The lowest BCUT2D eigenvalue weighted by atomic mass is 10.2. The van der Waals surface area contributed by atoms with Gasteiger partial charge < -0.3 is 15.8 Å². The van der Waals surface area contributed by atoms with Crippen LogP contribution in [0.5, 0.6) is 5.75 Å². The van der Waals surface area contributed by atoms with E-state index in [1.807, 2.05) is 0 Å². The minimum atomic E-state index is -0.562. The normalized spacial score (nSPS) is 10.1. The molecule has 2 aromatic rings. The highest BCUT2D eigenvalue weighted by Crippen LogP contribution is 2.18. The minimum absolute atomic E-state index is 0.210. The number of anilines is 1. The molecule has 1 aromatic carbocycles. The number of nitrogens with zero attached hydrogens (tertiary/aromatic N) is 1. The number of rotatable bonds is 5. The van der Waals surface area contributed by atoms with Crippen LogP contribution in [0.4, 0.5) is 5.69 Å². The maximum Gasteiger partial charge on any atom is 0.259 e. The van der Waals surface area contributed by atoms with Gasteiger partial charge >= 0.3 is 0 Å². The van der Waals surface area contributed by atoms with Gasteiger partial charge in [-0.3, -0.25) is 14.7 Å². The summed E-state index contributed by atoms with van der Waals surface area (Å²) in [4.78, 5) is 22.6. The van der Waals surface area contributed by atoms with Crippen LogP contribution in [0.3, 0.4) is 0 Å². The van der Waals surface area contributed by atoms with Crippen molar-refractivity contribution in [1.29, 1.82) is 0 Å². The van der Waals surface area contributed by atoms with Crippen LogP contribution in [0, 0.1) is 6.92 Å². The maximum absolute atomic E-state index is 12.0. The van der Waals surface area contributed by atoms with Crippen LogP contribution in [-0.4, -0.2) is 28.6 Å². The zero-order chi connectivity index (χ0) is 14.5. The van der Waals surface area contributed by atoms with Crippen molar-refractivity contribution in [3.8, 4) is 5.75 Å². The Kier molecular flexibility index (Phi) is 3.99. The topological polar surface area (TPSA) is 110 Å². The van der Waals surface area contributed by atoms with E-state index in [1.54, 1.807) is 31.2 Å². The van der Waals surface area contributed by atoms with E-state index >= 15 is 0 Å². The molecule has 2 amide bonds. The predicted molar refractivity (Wildman–Crippen MR) is 72.4 cm³/mol. The highest BCUT2D eigenvalue weighted by molar-refractivity contribution is 6.04. The Balaban J connectivity index is 2.06. The average Bonchev–Trinajstić information content (AvgIpc) is 2.83. The van der Waals surface area contributed by atoms with Crippen molar-refractivity contribution in [2.24, 2.45) is 5.73 Å². The first-order valence-corrected chi connectivity index (χ1v) is 5.89. The lowest BCUT2D eigenvalue weighted by Gasteiger charge is -2.07. The van der Waals surface area contributed by atoms with Crippen LogP contribution in [0.2, 0.25) is 0 Å². The first-order chi connectivity index (χ1) is 9.56. The van der Waals surface area contributed by atoms with E-state index in [9.17, 15) is 9.59 Å². The molecule has 0 spiro atoms. The van der Waals surface area contributed by atoms with Gasteiger partial charge in [0.15, 0.2) is 6.61 Å². The molecule has 0 aliphatic heterocycles. The summed E-state index contributed by atoms with van der Waals surface area (Å²) in [6.45, 7) is 1.55. The van der Waals surface area contributed by atoms with Crippen LogP contribution in [0.15, 0.2) is 30.5 Å². The first-order valence-electron chi connectivity index (χ1n) is 5.89. The fourth-order valence-corrected chi connectivity index (χ4v) is 1.60. The van der Waals surface area contributed by atoms with E-state index in [0.717, 1.165) is 0 Å². The summed E-state index contributed by atoms with van der Waals surface area (Å²) in [5.41, 5.74) is 6.70. The number of hydrogen-bond donors (Lipinski definition) is 3. The van der Waals surface area contributed by atoms with Gasteiger partial charge in [-0.25, -0.2) is 0 Å². The molecule has 1 heterocycles. The number of benzene rings is 1. The SMILES string of the molecule is Cc1[nH]ncc1C(=O)Nc1cccc(OCC(N)=O)c1. The number of amides is 2. The number of nitrogens with one attached hydrogen (secondary N) is 2. The van der Waals surface area contributed by atoms with Gasteiger partial charge in [-0.1, -0.05) is 6.07 Å². The van der Waals surface area contributed by atoms with Crippen LogP contribution in [0.25, 0.3) is 0 Å². The molecule has 0 saturated heterocycles. The fourth-order valence-electron chi connectivity index (χ4n) is 1.60. The van der Waals surface area contributed by atoms with Crippen LogP contribution in [-0.2, 0) is 4.79 Å². The average molecular weight is 274 g/mol. The van der Waals surface area contributed by atoms with Crippen molar-refractivity contribution in [3.63, 3.8) is 0 Å². The van der Waals surface area contributed by atoms with E-state index in [1.165, 1.54) is 6.20 Å². The molecule has 20 heavy (non-hydrogen) atoms. The number of H-pyrrole nitrogens is 1. The van der Waals surface area contributed by atoms with Gasteiger partial charge in [-0.05, 0) is 19.1 Å². The number of aromatic amines is 1. The third-order valence-corrected chi connectivity index (χ3v) is 2.55. The zero-order valence-corrected chi connectivity index (χ0v) is 10.8. The number of aromatic nitrogens is 2. The van der Waals surface area contributed by atoms with Crippen molar-refractivity contribution < 1.29 is 14.3 Å². The van der Waals surface area contributed by atoms with Gasteiger partial charge in [0, 0.05) is 17.4 Å². The maximum atomic E-state index is 12.0. The number of carbonyl (C=O) groups excluding carboxylic acids is 2. The second-order valence-electron chi connectivity index (χ2n) is 4.15. The lowest BCUT2D eigenvalue weighted by molar-refractivity contribution is -0.119. The molecule has 0 saturated carbocycles. The Labute approximate surface area is 115 Å². The number of hydrogen-bond acceptors (Lipinski definition) is 4. The summed E-state index contributed by atoms with van der Waals surface area (Å²) in [5, 5.41) is 9.20. The zero-order valence-electron chi connectivity index (χ0n) is 10.8. The Bertz CT molecular complexity index is 636. The fraction of sp³-hybridized carbons (Fsp3) is 0.154. The molecular formula is C13H14N4O3. The Morgan fingerprint density at radius 2 is 2.25 bits per heavy atom. The summed E-state index contributed by atoms with van der Waals surface area (Å²) < 4.78 is 5.16. The molecule has 0 atom stereocenters. The number of nitrogens with two attached hydrogens (primary N) is 1. The minimum Gasteiger partial charge on any atom is -0.484 e.